The average Bonchev–Trinajstić information content (AvgIpc) is 2.86. The van der Waals surface area contributed by atoms with E-state index in [-0.39, 0.29) is 18.9 Å². The summed E-state index contributed by atoms with van der Waals surface area (Å²) >= 11 is 0. The second-order valence-electron chi connectivity index (χ2n) is 8.49. The molecule has 1 aliphatic heterocycles. The van der Waals surface area contributed by atoms with Crippen LogP contribution in [0.4, 0.5) is 5.69 Å². The molecular weight excluding hydrogens is 464 g/mol. The number of amides is 1. The second-order valence-corrected chi connectivity index (χ2v) is 10.4. The molecule has 0 aliphatic carbocycles. The summed E-state index contributed by atoms with van der Waals surface area (Å²) in [6.07, 6.45) is 1.79. The van der Waals surface area contributed by atoms with Crippen molar-refractivity contribution in [1.82, 2.24) is 4.90 Å². The van der Waals surface area contributed by atoms with Crippen molar-refractivity contribution in [3.05, 3.63) is 90.0 Å². The van der Waals surface area contributed by atoms with Crippen molar-refractivity contribution in [1.29, 1.82) is 0 Å². The average molecular weight is 495 g/mol. The molecule has 0 radical (unpaired) electrons. The van der Waals surface area contributed by atoms with Gasteiger partial charge in [0.05, 0.1) is 11.9 Å². The minimum absolute atomic E-state index is 0.0201. The van der Waals surface area contributed by atoms with Crippen LogP contribution in [0, 0.1) is 0 Å². The Hall–Kier alpha value is -3.52. The number of hydrogen-bond acceptors (Lipinski definition) is 5. The van der Waals surface area contributed by atoms with E-state index in [2.05, 4.69) is 0 Å². The number of sulfonamides is 1. The van der Waals surface area contributed by atoms with E-state index in [1.807, 2.05) is 65.6 Å². The standard InChI is InChI=1S/C27H30N2O5S/c1-35(31,32)29(24-14-15-25-26(19-24)34-18-17-33-25)16-8-13-27(30)28(20-22-9-4-2-5-10-22)21-23-11-6-3-7-12-23/h2-7,9-12,14-15,19H,8,13,16-18,20-21H2,1H3. The summed E-state index contributed by atoms with van der Waals surface area (Å²) in [4.78, 5) is 15.1. The predicted octanol–water partition coefficient (Wildman–Crippen LogP) is 4.23. The Kier molecular flexibility index (Phi) is 7.92. The van der Waals surface area contributed by atoms with Crippen LogP contribution in [0.2, 0.25) is 0 Å². The van der Waals surface area contributed by atoms with Gasteiger partial charge in [-0.05, 0) is 29.7 Å². The first-order chi connectivity index (χ1) is 16.9. The SMILES string of the molecule is CS(=O)(=O)N(CCCC(=O)N(Cc1ccccc1)Cc1ccccc1)c1ccc2c(c1)OCCO2. The first kappa shape index (κ1) is 24.6. The van der Waals surface area contributed by atoms with Crippen molar-refractivity contribution < 1.29 is 22.7 Å². The number of nitrogens with zero attached hydrogens (tertiary/aromatic N) is 2. The molecule has 0 atom stereocenters. The first-order valence-electron chi connectivity index (χ1n) is 11.6. The maximum Gasteiger partial charge on any atom is 0.232 e. The van der Waals surface area contributed by atoms with Crippen molar-refractivity contribution in [3.8, 4) is 11.5 Å². The maximum atomic E-state index is 13.2. The number of fused-ring (bicyclic) bond motifs is 1. The van der Waals surface area contributed by atoms with Gasteiger partial charge in [-0.2, -0.15) is 0 Å². The number of rotatable bonds is 10. The Labute approximate surface area is 206 Å². The smallest absolute Gasteiger partial charge is 0.232 e. The van der Waals surface area contributed by atoms with Gasteiger partial charge < -0.3 is 14.4 Å². The quantitative estimate of drug-likeness (QED) is 0.422. The zero-order chi connectivity index (χ0) is 24.7. The van der Waals surface area contributed by atoms with E-state index < -0.39 is 10.0 Å². The van der Waals surface area contributed by atoms with Crippen LogP contribution in [-0.2, 0) is 27.9 Å². The van der Waals surface area contributed by atoms with Crippen LogP contribution in [0.5, 0.6) is 11.5 Å². The summed E-state index contributed by atoms with van der Waals surface area (Å²) in [7, 11) is -3.55. The molecule has 1 aliphatic rings. The highest BCUT2D eigenvalue weighted by atomic mass is 32.2. The molecule has 0 saturated heterocycles. The Morgan fingerprint density at radius 1 is 0.829 bits per heavy atom. The van der Waals surface area contributed by atoms with Crippen LogP contribution in [0.3, 0.4) is 0 Å². The topological polar surface area (TPSA) is 76.2 Å². The third kappa shape index (κ3) is 6.76. The molecule has 1 amide bonds. The largest absolute Gasteiger partial charge is 0.486 e. The highest BCUT2D eigenvalue weighted by Crippen LogP contribution is 2.34. The molecule has 0 spiro atoms. The minimum Gasteiger partial charge on any atom is -0.486 e. The van der Waals surface area contributed by atoms with Crippen LogP contribution >= 0.6 is 0 Å². The van der Waals surface area contributed by atoms with Crippen LogP contribution in [0.25, 0.3) is 0 Å². The van der Waals surface area contributed by atoms with E-state index in [1.165, 1.54) is 10.6 Å². The van der Waals surface area contributed by atoms with Gasteiger partial charge in [-0.15, -0.1) is 0 Å². The lowest BCUT2D eigenvalue weighted by Gasteiger charge is -2.26. The van der Waals surface area contributed by atoms with Gasteiger partial charge in [0.1, 0.15) is 13.2 Å². The molecule has 3 aromatic carbocycles. The molecule has 1 heterocycles. The third-order valence-electron chi connectivity index (χ3n) is 5.75. The van der Waals surface area contributed by atoms with Gasteiger partial charge >= 0.3 is 0 Å². The van der Waals surface area contributed by atoms with Gasteiger partial charge in [0.25, 0.3) is 0 Å². The number of carbonyl (C=O) groups is 1. The lowest BCUT2D eigenvalue weighted by molar-refractivity contribution is -0.132. The summed E-state index contributed by atoms with van der Waals surface area (Å²) in [6, 6.07) is 24.8. The van der Waals surface area contributed by atoms with E-state index in [9.17, 15) is 13.2 Å². The summed E-state index contributed by atoms with van der Waals surface area (Å²) in [5.74, 6) is 1.10. The van der Waals surface area contributed by atoms with Gasteiger partial charge in [0.15, 0.2) is 11.5 Å². The Morgan fingerprint density at radius 2 is 1.40 bits per heavy atom. The number of benzene rings is 3. The van der Waals surface area contributed by atoms with Gasteiger partial charge in [-0.3, -0.25) is 9.10 Å². The molecule has 184 valence electrons. The molecule has 0 unspecified atom stereocenters. The van der Waals surface area contributed by atoms with Crippen LogP contribution in [-0.4, -0.2) is 45.2 Å². The lowest BCUT2D eigenvalue weighted by Crippen LogP contribution is -2.33. The van der Waals surface area contributed by atoms with Gasteiger partial charge in [-0.1, -0.05) is 60.7 Å². The molecule has 0 saturated carbocycles. The van der Waals surface area contributed by atoms with E-state index in [0.717, 1.165) is 11.1 Å². The number of anilines is 1. The molecule has 0 aromatic heterocycles. The van der Waals surface area contributed by atoms with Crippen LogP contribution < -0.4 is 13.8 Å². The maximum absolute atomic E-state index is 13.2. The van der Waals surface area contributed by atoms with Crippen molar-refractivity contribution in [2.45, 2.75) is 25.9 Å². The van der Waals surface area contributed by atoms with Crippen molar-refractivity contribution in [2.24, 2.45) is 0 Å². The Bertz CT molecular complexity index is 1190. The molecule has 0 N–H and O–H groups in total. The lowest BCUT2D eigenvalue weighted by atomic mass is 10.1. The van der Waals surface area contributed by atoms with Crippen molar-refractivity contribution in [3.63, 3.8) is 0 Å². The van der Waals surface area contributed by atoms with E-state index in [1.54, 1.807) is 18.2 Å². The molecule has 4 rings (SSSR count). The zero-order valence-corrected chi connectivity index (χ0v) is 20.6. The first-order valence-corrected chi connectivity index (χ1v) is 13.5. The summed E-state index contributed by atoms with van der Waals surface area (Å²) in [5, 5.41) is 0. The monoisotopic (exact) mass is 494 g/mol. The molecule has 0 fully saturated rings. The van der Waals surface area contributed by atoms with Gasteiger partial charge in [-0.25, -0.2) is 8.42 Å². The Morgan fingerprint density at radius 3 is 1.97 bits per heavy atom. The molecule has 7 nitrogen and oxygen atoms in total. The highest BCUT2D eigenvalue weighted by Gasteiger charge is 2.22. The molecule has 3 aromatic rings. The fourth-order valence-electron chi connectivity index (χ4n) is 4.05. The van der Waals surface area contributed by atoms with Crippen LogP contribution in [0.1, 0.15) is 24.0 Å². The highest BCUT2D eigenvalue weighted by molar-refractivity contribution is 7.92. The second kappa shape index (κ2) is 11.3. The predicted molar refractivity (Wildman–Crippen MR) is 136 cm³/mol. The van der Waals surface area contributed by atoms with E-state index in [0.29, 0.717) is 49.9 Å². The normalized spacial score (nSPS) is 12.7. The minimum atomic E-state index is -3.55. The van der Waals surface area contributed by atoms with Crippen molar-refractivity contribution >= 4 is 21.6 Å². The van der Waals surface area contributed by atoms with Crippen molar-refractivity contribution in [2.75, 3.05) is 30.3 Å². The number of ether oxygens (including phenoxy) is 2. The van der Waals surface area contributed by atoms with Crippen LogP contribution in [0.15, 0.2) is 78.9 Å². The van der Waals surface area contributed by atoms with E-state index in [4.69, 9.17) is 9.47 Å². The fraction of sp³-hybridized carbons (Fsp3) is 0.296. The molecular formula is C27H30N2O5S. The summed E-state index contributed by atoms with van der Waals surface area (Å²) in [5.41, 5.74) is 2.59. The Balaban J connectivity index is 1.44. The third-order valence-corrected chi connectivity index (χ3v) is 6.95. The summed E-state index contributed by atoms with van der Waals surface area (Å²) < 4.78 is 37.6. The summed E-state index contributed by atoms with van der Waals surface area (Å²) in [6.45, 7) is 2.06. The number of hydrogen-bond donors (Lipinski definition) is 0. The zero-order valence-electron chi connectivity index (χ0n) is 19.8. The number of carbonyl (C=O) groups excluding carboxylic acids is 1. The molecule has 35 heavy (non-hydrogen) atoms. The van der Waals surface area contributed by atoms with Gasteiger partial charge in [0.2, 0.25) is 15.9 Å². The molecule has 8 heteroatoms. The molecule has 0 bridgehead atoms. The fourth-order valence-corrected chi connectivity index (χ4v) is 5.00. The van der Waals surface area contributed by atoms with Gasteiger partial charge in [0, 0.05) is 32.1 Å². The van der Waals surface area contributed by atoms with E-state index >= 15 is 0 Å².